The number of aryl methyl sites for hydroxylation is 1. The lowest BCUT2D eigenvalue weighted by Gasteiger charge is -2.19. The van der Waals surface area contributed by atoms with E-state index in [0.29, 0.717) is 11.3 Å². The van der Waals surface area contributed by atoms with Crippen molar-refractivity contribution in [2.24, 2.45) is 0 Å². The van der Waals surface area contributed by atoms with E-state index in [1.807, 2.05) is 41.3 Å². The Morgan fingerprint density at radius 3 is 2.45 bits per heavy atom. The number of hydrogen-bond acceptors (Lipinski definition) is 3. The van der Waals surface area contributed by atoms with Gasteiger partial charge in [0.15, 0.2) is 0 Å². The number of benzene rings is 2. The molecule has 0 unspecified atom stereocenters. The Bertz CT molecular complexity index is 673. The summed E-state index contributed by atoms with van der Waals surface area (Å²) in [5.74, 6) is 0.0550. The minimum absolute atomic E-state index is 0.0550. The fourth-order valence-corrected chi connectivity index (χ4v) is 2.73. The van der Waals surface area contributed by atoms with Crippen LogP contribution in [0.2, 0.25) is 0 Å². The molecule has 2 aromatic carbocycles. The fraction of sp³-hybridized carbons (Fsp3) is 0.278. The average molecular weight is 295 g/mol. The molecule has 3 rings (SSSR count). The molecule has 1 heterocycles. The SMILES string of the molecule is Cc1ccc(Nc2ccc(N)cc2C(=O)N2CCCC2)cc1. The fourth-order valence-electron chi connectivity index (χ4n) is 2.73. The van der Waals surface area contributed by atoms with Crippen molar-refractivity contribution in [2.75, 3.05) is 24.1 Å². The normalized spacial score (nSPS) is 14.1. The lowest BCUT2D eigenvalue weighted by atomic mass is 10.1. The number of rotatable bonds is 3. The summed E-state index contributed by atoms with van der Waals surface area (Å²) < 4.78 is 0. The van der Waals surface area contributed by atoms with Crippen molar-refractivity contribution in [3.63, 3.8) is 0 Å². The molecule has 0 aromatic heterocycles. The second-order valence-electron chi connectivity index (χ2n) is 5.80. The van der Waals surface area contributed by atoms with E-state index < -0.39 is 0 Å². The van der Waals surface area contributed by atoms with Crippen LogP contribution in [0.4, 0.5) is 17.1 Å². The van der Waals surface area contributed by atoms with Crippen LogP contribution in [-0.2, 0) is 0 Å². The second kappa shape index (κ2) is 6.10. The van der Waals surface area contributed by atoms with Gasteiger partial charge in [0.25, 0.3) is 5.91 Å². The molecule has 1 aliphatic rings. The van der Waals surface area contributed by atoms with Gasteiger partial charge in [-0.3, -0.25) is 4.79 Å². The molecule has 1 saturated heterocycles. The molecule has 0 aliphatic carbocycles. The van der Waals surface area contributed by atoms with Crippen molar-refractivity contribution in [1.82, 2.24) is 4.90 Å². The van der Waals surface area contributed by atoms with Gasteiger partial charge in [0.1, 0.15) is 0 Å². The maximum atomic E-state index is 12.7. The summed E-state index contributed by atoms with van der Waals surface area (Å²) in [5, 5.41) is 3.33. The number of carbonyl (C=O) groups is 1. The van der Waals surface area contributed by atoms with Gasteiger partial charge in [0.05, 0.1) is 11.3 Å². The summed E-state index contributed by atoms with van der Waals surface area (Å²) in [5.41, 5.74) is 10.1. The molecule has 0 spiro atoms. The number of likely N-dealkylation sites (tertiary alicyclic amines) is 1. The number of nitrogens with zero attached hydrogens (tertiary/aromatic N) is 1. The number of carbonyl (C=O) groups excluding carboxylic acids is 1. The van der Waals surface area contributed by atoms with Crippen molar-refractivity contribution >= 4 is 23.0 Å². The number of nitrogens with two attached hydrogens (primary N) is 1. The van der Waals surface area contributed by atoms with Gasteiger partial charge in [0, 0.05) is 24.5 Å². The molecule has 0 bridgehead atoms. The molecular formula is C18H21N3O. The highest BCUT2D eigenvalue weighted by atomic mass is 16.2. The topological polar surface area (TPSA) is 58.4 Å². The number of anilines is 3. The zero-order chi connectivity index (χ0) is 15.5. The third kappa shape index (κ3) is 3.06. The van der Waals surface area contributed by atoms with E-state index in [1.165, 1.54) is 5.56 Å². The van der Waals surface area contributed by atoms with E-state index >= 15 is 0 Å². The third-order valence-electron chi connectivity index (χ3n) is 4.00. The van der Waals surface area contributed by atoms with Crippen LogP contribution in [0, 0.1) is 6.92 Å². The summed E-state index contributed by atoms with van der Waals surface area (Å²) in [7, 11) is 0. The smallest absolute Gasteiger partial charge is 0.256 e. The minimum Gasteiger partial charge on any atom is -0.399 e. The van der Waals surface area contributed by atoms with Crippen molar-refractivity contribution < 1.29 is 4.79 Å². The number of amides is 1. The van der Waals surface area contributed by atoms with E-state index in [2.05, 4.69) is 12.2 Å². The lowest BCUT2D eigenvalue weighted by molar-refractivity contribution is 0.0794. The van der Waals surface area contributed by atoms with Gasteiger partial charge in [-0.25, -0.2) is 0 Å². The monoisotopic (exact) mass is 295 g/mol. The van der Waals surface area contributed by atoms with Crippen LogP contribution in [-0.4, -0.2) is 23.9 Å². The van der Waals surface area contributed by atoms with Gasteiger partial charge in [0.2, 0.25) is 0 Å². The van der Waals surface area contributed by atoms with Crippen molar-refractivity contribution in [2.45, 2.75) is 19.8 Å². The summed E-state index contributed by atoms with van der Waals surface area (Å²) in [6, 6.07) is 13.6. The van der Waals surface area contributed by atoms with Crippen molar-refractivity contribution in [1.29, 1.82) is 0 Å². The third-order valence-corrected chi connectivity index (χ3v) is 4.00. The van der Waals surface area contributed by atoms with Gasteiger partial charge in [-0.1, -0.05) is 17.7 Å². The van der Waals surface area contributed by atoms with Crippen LogP contribution in [0.3, 0.4) is 0 Å². The van der Waals surface area contributed by atoms with Crippen LogP contribution < -0.4 is 11.1 Å². The first-order valence-corrected chi connectivity index (χ1v) is 7.66. The Morgan fingerprint density at radius 2 is 1.77 bits per heavy atom. The molecular weight excluding hydrogens is 274 g/mol. The Labute approximate surface area is 130 Å². The summed E-state index contributed by atoms with van der Waals surface area (Å²) in [6.45, 7) is 3.71. The Balaban J connectivity index is 1.90. The molecule has 0 radical (unpaired) electrons. The molecule has 4 heteroatoms. The van der Waals surface area contributed by atoms with Crippen LogP contribution in [0.1, 0.15) is 28.8 Å². The second-order valence-corrected chi connectivity index (χ2v) is 5.80. The average Bonchev–Trinajstić information content (AvgIpc) is 3.05. The highest BCUT2D eigenvalue weighted by Gasteiger charge is 2.22. The molecule has 2 aromatic rings. The van der Waals surface area contributed by atoms with Gasteiger partial charge >= 0.3 is 0 Å². The van der Waals surface area contributed by atoms with E-state index in [0.717, 1.165) is 37.3 Å². The number of nitrogen functional groups attached to an aromatic ring is 1. The van der Waals surface area contributed by atoms with Crippen molar-refractivity contribution in [3.05, 3.63) is 53.6 Å². The molecule has 3 N–H and O–H groups in total. The predicted molar refractivity (Wildman–Crippen MR) is 90.5 cm³/mol. The molecule has 0 saturated carbocycles. The van der Waals surface area contributed by atoms with E-state index in [-0.39, 0.29) is 5.91 Å². The Morgan fingerprint density at radius 1 is 1.09 bits per heavy atom. The van der Waals surface area contributed by atoms with Crippen molar-refractivity contribution in [3.8, 4) is 0 Å². The first-order chi connectivity index (χ1) is 10.6. The lowest BCUT2D eigenvalue weighted by Crippen LogP contribution is -2.28. The molecule has 22 heavy (non-hydrogen) atoms. The maximum Gasteiger partial charge on any atom is 0.256 e. The highest BCUT2D eigenvalue weighted by Crippen LogP contribution is 2.26. The molecule has 1 aliphatic heterocycles. The minimum atomic E-state index is 0.0550. The predicted octanol–water partition coefficient (Wildman–Crippen LogP) is 3.56. The zero-order valence-corrected chi connectivity index (χ0v) is 12.8. The molecule has 114 valence electrons. The quantitative estimate of drug-likeness (QED) is 0.851. The molecule has 4 nitrogen and oxygen atoms in total. The first-order valence-electron chi connectivity index (χ1n) is 7.66. The van der Waals surface area contributed by atoms with Crippen LogP contribution in [0.25, 0.3) is 0 Å². The number of nitrogens with one attached hydrogen (secondary N) is 1. The van der Waals surface area contributed by atoms with Gasteiger partial charge in [-0.2, -0.15) is 0 Å². The maximum absolute atomic E-state index is 12.7. The van der Waals surface area contributed by atoms with Gasteiger partial charge in [-0.15, -0.1) is 0 Å². The summed E-state index contributed by atoms with van der Waals surface area (Å²) in [6.07, 6.45) is 2.16. The van der Waals surface area contributed by atoms with E-state index in [1.54, 1.807) is 6.07 Å². The van der Waals surface area contributed by atoms with E-state index in [4.69, 9.17) is 5.73 Å². The Kier molecular flexibility index (Phi) is 4.00. The zero-order valence-electron chi connectivity index (χ0n) is 12.8. The number of hydrogen-bond donors (Lipinski definition) is 2. The van der Waals surface area contributed by atoms with Gasteiger partial charge in [-0.05, 0) is 50.1 Å². The summed E-state index contributed by atoms with van der Waals surface area (Å²) >= 11 is 0. The van der Waals surface area contributed by atoms with Gasteiger partial charge < -0.3 is 16.0 Å². The van der Waals surface area contributed by atoms with Crippen LogP contribution in [0.5, 0.6) is 0 Å². The highest BCUT2D eigenvalue weighted by molar-refractivity contribution is 6.01. The molecule has 0 atom stereocenters. The first kappa shape index (κ1) is 14.4. The van der Waals surface area contributed by atoms with Crippen LogP contribution in [0.15, 0.2) is 42.5 Å². The largest absolute Gasteiger partial charge is 0.399 e. The van der Waals surface area contributed by atoms with Crippen LogP contribution >= 0.6 is 0 Å². The summed E-state index contributed by atoms with van der Waals surface area (Å²) in [4.78, 5) is 14.6. The van der Waals surface area contributed by atoms with E-state index in [9.17, 15) is 4.79 Å². The standard InChI is InChI=1S/C18H21N3O/c1-13-4-7-15(8-5-13)20-17-9-6-14(19)12-16(17)18(22)21-10-2-3-11-21/h4-9,12,20H,2-3,10-11,19H2,1H3. The Hall–Kier alpha value is -2.49. The molecule has 1 fully saturated rings. The molecule has 1 amide bonds.